The van der Waals surface area contributed by atoms with Gasteiger partial charge >= 0.3 is 0 Å². The average molecular weight is 127 g/mol. The molecule has 0 aliphatic heterocycles. The van der Waals surface area contributed by atoms with E-state index in [9.17, 15) is 4.79 Å². The van der Waals surface area contributed by atoms with Crippen molar-refractivity contribution in [2.75, 3.05) is 0 Å². The standard InChI is InChI=1S/C7H13NO/c1-6(7(2)8)4-3-5-9/h5-6H,2-4,8H2,1H3. The first-order valence-electron chi connectivity index (χ1n) is 3.06. The summed E-state index contributed by atoms with van der Waals surface area (Å²) >= 11 is 0. The molecular weight excluding hydrogens is 114 g/mol. The maximum absolute atomic E-state index is 9.86. The maximum Gasteiger partial charge on any atom is 0.120 e. The number of carbonyl (C=O) groups excluding carboxylic acids is 1. The maximum atomic E-state index is 9.86. The fourth-order valence-corrected chi connectivity index (χ4v) is 0.503. The van der Waals surface area contributed by atoms with Gasteiger partial charge < -0.3 is 10.5 Å². The number of hydrogen-bond acceptors (Lipinski definition) is 2. The minimum Gasteiger partial charge on any atom is -0.402 e. The predicted octanol–water partition coefficient (Wildman–Crippen LogP) is 1.07. The lowest BCUT2D eigenvalue weighted by molar-refractivity contribution is -0.108. The van der Waals surface area contributed by atoms with Gasteiger partial charge in [0.25, 0.3) is 0 Å². The summed E-state index contributed by atoms with van der Waals surface area (Å²) in [7, 11) is 0. The molecule has 0 amide bonds. The van der Waals surface area contributed by atoms with E-state index in [1.54, 1.807) is 0 Å². The van der Waals surface area contributed by atoms with Crippen molar-refractivity contribution in [3.05, 3.63) is 12.3 Å². The third-order valence-electron chi connectivity index (χ3n) is 1.35. The first-order chi connectivity index (χ1) is 4.18. The average Bonchev–Trinajstić information content (AvgIpc) is 1.82. The number of allylic oxidation sites excluding steroid dienone is 1. The second kappa shape index (κ2) is 4.13. The fraction of sp³-hybridized carbons (Fsp3) is 0.571. The fourth-order valence-electron chi connectivity index (χ4n) is 0.503. The summed E-state index contributed by atoms with van der Waals surface area (Å²) in [6.45, 7) is 5.53. The van der Waals surface area contributed by atoms with Crippen LogP contribution in [0.1, 0.15) is 19.8 Å². The molecule has 2 heteroatoms. The normalized spacial score (nSPS) is 12.6. The van der Waals surface area contributed by atoms with Crippen molar-refractivity contribution in [3.63, 3.8) is 0 Å². The van der Waals surface area contributed by atoms with Gasteiger partial charge in [0.1, 0.15) is 6.29 Å². The SMILES string of the molecule is C=C(N)C(C)CCC=O. The molecule has 1 atom stereocenters. The van der Waals surface area contributed by atoms with Crippen LogP contribution in [0.5, 0.6) is 0 Å². The van der Waals surface area contributed by atoms with Crippen LogP contribution in [0.2, 0.25) is 0 Å². The topological polar surface area (TPSA) is 43.1 Å². The molecule has 0 rings (SSSR count). The number of nitrogens with two attached hydrogens (primary N) is 1. The van der Waals surface area contributed by atoms with Crippen LogP contribution in [0.25, 0.3) is 0 Å². The molecule has 0 fully saturated rings. The lowest BCUT2D eigenvalue weighted by Gasteiger charge is -2.06. The first-order valence-corrected chi connectivity index (χ1v) is 3.06. The molecule has 0 aliphatic rings. The summed E-state index contributed by atoms with van der Waals surface area (Å²) in [4.78, 5) is 9.86. The van der Waals surface area contributed by atoms with Gasteiger partial charge in [0.05, 0.1) is 0 Å². The van der Waals surface area contributed by atoms with E-state index in [4.69, 9.17) is 5.73 Å². The lowest BCUT2D eigenvalue weighted by atomic mass is 10.0. The van der Waals surface area contributed by atoms with E-state index in [0.717, 1.165) is 12.7 Å². The summed E-state index contributed by atoms with van der Waals surface area (Å²) in [5.41, 5.74) is 6.03. The Labute approximate surface area is 55.7 Å². The van der Waals surface area contributed by atoms with E-state index < -0.39 is 0 Å². The van der Waals surface area contributed by atoms with E-state index in [-0.39, 0.29) is 5.92 Å². The van der Waals surface area contributed by atoms with Crippen molar-refractivity contribution in [2.45, 2.75) is 19.8 Å². The minimum atomic E-state index is 0.273. The van der Waals surface area contributed by atoms with E-state index in [1.165, 1.54) is 0 Å². The van der Waals surface area contributed by atoms with Crippen LogP contribution in [0.4, 0.5) is 0 Å². The quantitative estimate of drug-likeness (QED) is 0.574. The number of hydrogen-bond donors (Lipinski definition) is 1. The van der Waals surface area contributed by atoms with Gasteiger partial charge in [0.2, 0.25) is 0 Å². The molecule has 0 heterocycles. The van der Waals surface area contributed by atoms with Crippen LogP contribution in [-0.4, -0.2) is 6.29 Å². The number of rotatable bonds is 4. The summed E-state index contributed by atoms with van der Waals surface area (Å²) in [6.07, 6.45) is 2.30. The minimum absolute atomic E-state index is 0.273. The molecule has 9 heavy (non-hydrogen) atoms. The molecule has 0 saturated carbocycles. The van der Waals surface area contributed by atoms with Crippen LogP contribution in [0.3, 0.4) is 0 Å². The van der Waals surface area contributed by atoms with Gasteiger partial charge in [-0.25, -0.2) is 0 Å². The second-order valence-electron chi connectivity index (χ2n) is 2.22. The molecule has 0 bridgehead atoms. The zero-order valence-electron chi connectivity index (χ0n) is 5.76. The Morgan fingerprint density at radius 2 is 2.44 bits per heavy atom. The molecule has 0 saturated heterocycles. The highest BCUT2D eigenvalue weighted by molar-refractivity contribution is 5.49. The third-order valence-corrected chi connectivity index (χ3v) is 1.35. The monoisotopic (exact) mass is 127 g/mol. The highest BCUT2D eigenvalue weighted by Crippen LogP contribution is 2.08. The van der Waals surface area contributed by atoms with Gasteiger partial charge in [-0.3, -0.25) is 0 Å². The number of carbonyl (C=O) groups is 1. The molecule has 0 aromatic carbocycles. The predicted molar refractivity (Wildman–Crippen MR) is 37.8 cm³/mol. The highest BCUT2D eigenvalue weighted by Gasteiger charge is 2.00. The summed E-state index contributed by atoms with van der Waals surface area (Å²) in [5.74, 6) is 0.273. The van der Waals surface area contributed by atoms with Crippen molar-refractivity contribution in [1.29, 1.82) is 0 Å². The van der Waals surface area contributed by atoms with Crippen LogP contribution in [0.15, 0.2) is 12.3 Å². The van der Waals surface area contributed by atoms with Crippen molar-refractivity contribution in [3.8, 4) is 0 Å². The Kier molecular flexibility index (Phi) is 3.76. The molecule has 2 N–H and O–H groups in total. The zero-order valence-corrected chi connectivity index (χ0v) is 5.76. The molecule has 0 aromatic heterocycles. The summed E-state index contributed by atoms with van der Waals surface area (Å²) in [5, 5.41) is 0. The largest absolute Gasteiger partial charge is 0.402 e. The van der Waals surface area contributed by atoms with Crippen molar-refractivity contribution < 1.29 is 4.79 Å². The van der Waals surface area contributed by atoms with Gasteiger partial charge in [-0.05, 0) is 12.3 Å². The Balaban J connectivity index is 3.37. The Morgan fingerprint density at radius 3 is 2.78 bits per heavy atom. The van der Waals surface area contributed by atoms with Gasteiger partial charge in [0, 0.05) is 12.1 Å². The summed E-state index contributed by atoms with van der Waals surface area (Å²) < 4.78 is 0. The van der Waals surface area contributed by atoms with Crippen molar-refractivity contribution in [1.82, 2.24) is 0 Å². The Bertz CT molecular complexity index is 109. The van der Waals surface area contributed by atoms with Crippen LogP contribution in [0, 0.1) is 5.92 Å². The molecule has 2 nitrogen and oxygen atoms in total. The van der Waals surface area contributed by atoms with E-state index >= 15 is 0 Å². The third kappa shape index (κ3) is 3.76. The first kappa shape index (κ1) is 8.21. The Hall–Kier alpha value is -0.790. The molecule has 1 unspecified atom stereocenters. The molecule has 0 aromatic rings. The van der Waals surface area contributed by atoms with Gasteiger partial charge in [-0.15, -0.1) is 0 Å². The smallest absolute Gasteiger partial charge is 0.120 e. The zero-order chi connectivity index (χ0) is 7.28. The number of aldehydes is 1. The van der Waals surface area contributed by atoms with E-state index in [1.807, 2.05) is 6.92 Å². The van der Waals surface area contributed by atoms with Crippen LogP contribution in [-0.2, 0) is 4.79 Å². The Morgan fingerprint density at radius 1 is 1.89 bits per heavy atom. The molecule has 0 aliphatic carbocycles. The lowest BCUT2D eigenvalue weighted by Crippen LogP contribution is -2.06. The van der Waals surface area contributed by atoms with E-state index in [0.29, 0.717) is 12.1 Å². The van der Waals surface area contributed by atoms with Crippen molar-refractivity contribution in [2.24, 2.45) is 11.7 Å². The van der Waals surface area contributed by atoms with E-state index in [2.05, 4.69) is 6.58 Å². The van der Waals surface area contributed by atoms with Gasteiger partial charge in [-0.2, -0.15) is 0 Å². The molecule has 0 radical (unpaired) electrons. The molecular formula is C7H13NO. The van der Waals surface area contributed by atoms with Crippen molar-refractivity contribution >= 4 is 6.29 Å². The second-order valence-corrected chi connectivity index (χ2v) is 2.22. The molecule has 52 valence electrons. The van der Waals surface area contributed by atoms with Gasteiger partial charge in [-0.1, -0.05) is 13.5 Å². The van der Waals surface area contributed by atoms with Gasteiger partial charge in [0.15, 0.2) is 0 Å². The van der Waals surface area contributed by atoms with Crippen LogP contribution >= 0.6 is 0 Å². The summed E-state index contributed by atoms with van der Waals surface area (Å²) in [6, 6.07) is 0. The highest BCUT2D eigenvalue weighted by atomic mass is 16.1. The molecule has 0 spiro atoms. The van der Waals surface area contributed by atoms with Crippen LogP contribution < -0.4 is 5.73 Å².